The van der Waals surface area contributed by atoms with Crippen molar-refractivity contribution < 1.29 is 13.9 Å². The van der Waals surface area contributed by atoms with Crippen LogP contribution in [-0.4, -0.2) is 45.7 Å². The van der Waals surface area contributed by atoms with Crippen molar-refractivity contribution in [2.45, 2.75) is 25.4 Å². The van der Waals surface area contributed by atoms with Gasteiger partial charge in [0.2, 0.25) is 5.43 Å². The van der Waals surface area contributed by atoms with Crippen LogP contribution in [0.1, 0.15) is 23.2 Å². The van der Waals surface area contributed by atoms with Gasteiger partial charge in [-0.3, -0.25) is 9.59 Å². The third-order valence-electron chi connectivity index (χ3n) is 7.72. The van der Waals surface area contributed by atoms with E-state index in [1.54, 1.807) is 23.3 Å². The van der Waals surface area contributed by atoms with Gasteiger partial charge in [-0.1, -0.05) is 30.3 Å². The Kier molecular flexibility index (Phi) is 5.78. The molecule has 0 spiro atoms. The van der Waals surface area contributed by atoms with Crippen LogP contribution in [0.4, 0.5) is 10.1 Å². The molecule has 3 N–H and O–H groups in total. The summed E-state index contributed by atoms with van der Waals surface area (Å²) < 4.78 is 26.1. The van der Waals surface area contributed by atoms with Gasteiger partial charge in [-0.2, -0.15) is 0 Å². The zero-order valence-electron chi connectivity index (χ0n) is 21.6. The molecule has 2 aromatic heterocycles. The summed E-state index contributed by atoms with van der Waals surface area (Å²) in [6, 6.07) is 12.8. The minimum atomic E-state index is -0.582. The molecule has 5 aromatic rings. The summed E-state index contributed by atoms with van der Waals surface area (Å²) in [6.45, 7) is 2.10. The maximum atomic E-state index is 15.9. The molecule has 2 aliphatic rings. The molecular formula is C30H27FN6O3. The first-order valence-corrected chi connectivity index (χ1v) is 13.4. The molecule has 0 saturated carbocycles. The molecule has 1 atom stereocenters. The van der Waals surface area contributed by atoms with Crippen molar-refractivity contribution in [3.8, 4) is 17.2 Å². The number of hydrogen-bond donors (Lipinski definition) is 2. The van der Waals surface area contributed by atoms with Crippen molar-refractivity contribution in [2.24, 2.45) is 5.73 Å². The van der Waals surface area contributed by atoms with Crippen LogP contribution < -0.4 is 26.1 Å². The molecule has 1 fully saturated rings. The fraction of sp³-hybridized carbons (Fsp3) is 0.233. The van der Waals surface area contributed by atoms with E-state index in [2.05, 4.69) is 10.3 Å². The molecule has 0 unspecified atom stereocenters. The van der Waals surface area contributed by atoms with E-state index in [1.807, 2.05) is 52.1 Å². The second-order valence-electron chi connectivity index (χ2n) is 10.3. The van der Waals surface area contributed by atoms with Crippen molar-refractivity contribution >= 4 is 33.3 Å². The van der Waals surface area contributed by atoms with Crippen LogP contribution in [0.3, 0.4) is 0 Å². The van der Waals surface area contributed by atoms with Gasteiger partial charge in [0.1, 0.15) is 16.8 Å². The molecule has 1 amide bonds. The molecular weight excluding hydrogens is 511 g/mol. The number of fused-ring (bicyclic) bond motifs is 4. The molecule has 0 aliphatic carbocycles. The predicted molar refractivity (Wildman–Crippen MR) is 151 cm³/mol. The lowest BCUT2D eigenvalue weighted by molar-refractivity contribution is 0.0951. The van der Waals surface area contributed by atoms with Gasteiger partial charge in [0.05, 0.1) is 17.4 Å². The highest BCUT2D eigenvalue weighted by molar-refractivity contribution is 6.03. The number of amides is 1. The molecule has 10 heteroatoms. The van der Waals surface area contributed by atoms with E-state index in [0.29, 0.717) is 49.6 Å². The number of nitrogens with one attached hydrogen (secondary N) is 1. The maximum Gasteiger partial charge on any atom is 0.256 e. The normalized spacial score (nSPS) is 15.8. The standard InChI is InChI=1S/C30H27FN6O3/c31-23-14-21-25-29(26(23)36-12-8-19(32)15-36)40-28-20-5-2-1-4-18(20)6-7-24(28)37(25)16-22(27(21)38)30(39)34-9-3-11-35-13-10-33-17-35/h1-2,4-7,10,13-14,16-17,19H,3,8-9,11-12,15,32H2,(H,34,39)/t19-/m1/s1. The van der Waals surface area contributed by atoms with Gasteiger partial charge in [0.15, 0.2) is 17.3 Å². The Morgan fingerprint density at radius 1 is 1.18 bits per heavy atom. The van der Waals surface area contributed by atoms with Crippen LogP contribution in [0, 0.1) is 5.82 Å². The zero-order valence-corrected chi connectivity index (χ0v) is 21.6. The quantitative estimate of drug-likeness (QED) is 0.311. The van der Waals surface area contributed by atoms with Crippen molar-refractivity contribution in [1.82, 2.24) is 19.4 Å². The van der Waals surface area contributed by atoms with E-state index < -0.39 is 17.2 Å². The van der Waals surface area contributed by atoms with E-state index in [1.165, 1.54) is 6.07 Å². The van der Waals surface area contributed by atoms with Crippen LogP contribution in [-0.2, 0) is 6.54 Å². The summed E-state index contributed by atoms with van der Waals surface area (Å²) in [7, 11) is 0. The number of halogens is 1. The number of nitrogens with two attached hydrogens (primary N) is 1. The highest BCUT2D eigenvalue weighted by Gasteiger charge is 2.33. The summed E-state index contributed by atoms with van der Waals surface area (Å²) in [6.07, 6.45) is 8.19. The molecule has 2 aliphatic heterocycles. The third kappa shape index (κ3) is 3.91. The number of pyridine rings is 1. The molecule has 202 valence electrons. The number of nitrogens with zero attached hydrogens (tertiary/aromatic N) is 4. The zero-order chi connectivity index (χ0) is 27.4. The van der Waals surface area contributed by atoms with E-state index in [-0.39, 0.29) is 28.4 Å². The Hall–Kier alpha value is -4.70. The van der Waals surface area contributed by atoms with Gasteiger partial charge in [-0.25, -0.2) is 9.37 Å². The largest absolute Gasteiger partial charge is 0.450 e. The smallest absolute Gasteiger partial charge is 0.256 e. The highest BCUT2D eigenvalue weighted by atomic mass is 19.1. The van der Waals surface area contributed by atoms with Crippen molar-refractivity contribution in [3.05, 3.63) is 89.0 Å². The molecule has 4 heterocycles. The second kappa shape index (κ2) is 9.49. The number of carbonyl (C=O) groups is 1. The summed E-state index contributed by atoms with van der Waals surface area (Å²) in [4.78, 5) is 32.8. The monoisotopic (exact) mass is 538 g/mol. The third-order valence-corrected chi connectivity index (χ3v) is 7.72. The predicted octanol–water partition coefficient (Wildman–Crippen LogP) is 3.94. The first-order valence-electron chi connectivity index (χ1n) is 13.4. The number of aromatic nitrogens is 3. The average Bonchev–Trinajstić information content (AvgIpc) is 3.64. The summed E-state index contributed by atoms with van der Waals surface area (Å²) in [5.74, 6) is -0.289. The SMILES string of the molecule is N[C@@H]1CCN(c2c(F)cc3c(=O)c(C(=O)NCCCn4ccnc4)cn4c3c2Oc2c-4ccc3ccccc23)C1. The van der Waals surface area contributed by atoms with E-state index in [0.717, 1.165) is 17.2 Å². The van der Waals surface area contributed by atoms with Gasteiger partial charge in [-0.05, 0) is 30.4 Å². The summed E-state index contributed by atoms with van der Waals surface area (Å²) in [5.41, 5.74) is 6.93. The number of benzene rings is 3. The molecule has 9 nitrogen and oxygen atoms in total. The number of hydrogen-bond acceptors (Lipinski definition) is 6. The van der Waals surface area contributed by atoms with Gasteiger partial charge < -0.3 is 29.8 Å². The van der Waals surface area contributed by atoms with Crippen LogP contribution in [0.25, 0.3) is 27.4 Å². The number of aryl methyl sites for hydroxylation is 1. The Bertz CT molecular complexity index is 1850. The number of carbonyl (C=O) groups excluding carboxylic acids is 1. The van der Waals surface area contributed by atoms with Crippen molar-refractivity contribution in [3.63, 3.8) is 0 Å². The molecule has 0 bridgehead atoms. The first-order chi connectivity index (χ1) is 19.5. The summed E-state index contributed by atoms with van der Waals surface area (Å²) in [5, 5.41) is 4.74. The number of rotatable bonds is 6. The molecule has 3 aromatic carbocycles. The van der Waals surface area contributed by atoms with Crippen LogP contribution in [0.15, 0.2) is 72.2 Å². The molecule has 40 heavy (non-hydrogen) atoms. The van der Waals surface area contributed by atoms with E-state index >= 15 is 4.39 Å². The van der Waals surface area contributed by atoms with Crippen LogP contribution in [0.2, 0.25) is 0 Å². The van der Waals surface area contributed by atoms with Gasteiger partial charge in [0, 0.05) is 56.2 Å². The van der Waals surface area contributed by atoms with Crippen LogP contribution in [0.5, 0.6) is 11.5 Å². The van der Waals surface area contributed by atoms with E-state index in [9.17, 15) is 9.59 Å². The van der Waals surface area contributed by atoms with Crippen molar-refractivity contribution in [1.29, 1.82) is 0 Å². The highest BCUT2D eigenvalue weighted by Crippen LogP contribution is 2.49. The lowest BCUT2D eigenvalue weighted by atomic mass is 10.0. The van der Waals surface area contributed by atoms with Gasteiger partial charge in [-0.15, -0.1) is 0 Å². The molecule has 1 saturated heterocycles. The Morgan fingerprint density at radius 2 is 2.05 bits per heavy atom. The fourth-order valence-corrected chi connectivity index (χ4v) is 5.76. The summed E-state index contributed by atoms with van der Waals surface area (Å²) >= 11 is 0. The minimum Gasteiger partial charge on any atom is -0.450 e. The number of anilines is 1. The number of ether oxygens (including phenoxy) is 1. The fourth-order valence-electron chi connectivity index (χ4n) is 5.76. The Balaban J connectivity index is 1.37. The average molecular weight is 539 g/mol. The maximum absolute atomic E-state index is 15.9. The van der Waals surface area contributed by atoms with Crippen LogP contribution >= 0.6 is 0 Å². The second-order valence-corrected chi connectivity index (χ2v) is 10.3. The topological polar surface area (TPSA) is 107 Å². The molecule has 7 rings (SSSR count). The minimum absolute atomic E-state index is 0.0579. The molecule has 0 radical (unpaired) electrons. The lowest BCUT2D eigenvalue weighted by Gasteiger charge is -2.29. The van der Waals surface area contributed by atoms with Crippen molar-refractivity contribution in [2.75, 3.05) is 24.5 Å². The lowest BCUT2D eigenvalue weighted by Crippen LogP contribution is -2.32. The number of imidazole rings is 1. The van der Waals surface area contributed by atoms with E-state index in [4.69, 9.17) is 10.5 Å². The van der Waals surface area contributed by atoms with Gasteiger partial charge in [0.25, 0.3) is 5.91 Å². The Morgan fingerprint density at radius 3 is 2.85 bits per heavy atom. The Labute approximate surface area is 228 Å². The van der Waals surface area contributed by atoms with Gasteiger partial charge >= 0.3 is 0 Å². The first kappa shape index (κ1) is 24.3.